The molecule has 1 atom stereocenters. The largest absolute Gasteiger partial charge is 0.340 e. The number of amides is 1. The average Bonchev–Trinajstić information content (AvgIpc) is 2.41. The number of benzene rings is 1. The summed E-state index contributed by atoms with van der Waals surface area (Å²) in [6.45, 7) is 6.06. The van der Waals surface area contributed by atoms with Gasteiger partial charge in [0.25, 0.3) is 0 Å². The summed E-state index contributed by atoms with van der Waals surface area (Å²) in [5.74, 6) is 0.152. The molecule has 1 N–H and O–H groups in total. The van der Waals surface area contributed by atoms with Gasteiger partial charge in [-0.3, -0.25) is 9.69 Å². The maximum Gasteiger partial charge on any atom is 0.236 e. The van der Waals surface area contributed by atoms with E-state index in [1.54, 1.807) is 4.90 Å². The first kappa shape index (κ1) is 15.3. The van der Waals surface area contributed by atoms with Gasteiger partial charge < -0.3 is 10.2 Å². The number of nitrogens with one attached hydrogen (secondary N) is 1. The molecule has 1 aromatic carbocycles. The van der Waals surface area contributed by atoms with Crippen LogP contribution in [0.25, 0.3) is 0 Å². The van der Waals surface area contributed by atoms with E-state index in [2.05, 4.69) is 17.1 Å². The Kier molecular flexibility index (Phi) is 5.40. The van der Waals surface area contributed by atoms with Crippen molar-refractivity contribution in [1.82, 2.24) is 15.1 Å². The summed E-state index contributed by atoms with van der Waals surface area (Å²) in [6, 6.07) is 8.05. The van der Waals surface area contributed by atoms with E-state index in [1.165, 1.54) is 0 Å². The molecule has 1 saturated heterocycles. The molecule has 1 aliphatic heterocycles. The highest BCUT2D eigenvalue weighted by Crippen LogP contribution is 2.12. The highest BCUT2D eigenvalue weighted by molar-refractivity contribution is 6.30. The minimum Gasteiger partial charge on any atom is -0.340 e. The second-order valence-corrected chi connectivity index (χ2v) is 5.84. The maximum absolute atomic E-state index is 12.3. The van der Waals surface area contributed by atoms with Gasteiger partial charge in [-0.1, -0.05) is 23.7 Å². The molecule has 1 aliphatic rings. The quantitative estimate of drug-likeness (QED) is 0.916. The molecule has 1 heterocycles. The summed E-state index contributed by atoms with van der Waals surface area (Å²) in [5.41, 5.74) is 1.06. The van der Waals surface area contributed by atoms with E-state index in [1.807, 2.05) is 31.3 Å². The van der Waals surface area contributed by atoms with Crippen molar-refractivity contribution in [3.8, 4) is 0 Å². The Bertz CT molecular complexity index is 466. The highest BCUT2D eigenvalue weighted by Gasteiger charge is 2.21. The predicted octanol–water partition coefficient (Wildman–Crippen LogP) is 1.59. The van der Waals surface area contributed by atoms with Crippen LogP contribution >= 0.6 is 11.6 Å². The van der Waals surface area contributed by atoms with Crippen molar-refractivity contribution in [2.75, 3.05) is 33.2 Å². The standard InChI is InChI=1S/C15H22ClN3O/c1-12-9-17-6-7-19(12)11-15(20)18(2)10-13-4-3-5-14(16)8-13/h3-5,8,12,17H,6-7,9-11H2,1-2H3/t12-/m0/s1. The van der Waals surface area contributed by atoms with Crippen molar-refractivity contribution in [2.24, 2.45) is 0 Å². The fourth-order valence-electron chi connectivity index (χ4n) is 2.41. The van der Waals surface area contributed by atoms with Crippen LogP contribution in [0, 0.1) is 0 Å². The molecule has 1 amide bonds. The predicted molar refractivity (Wildman–Crippen MR) is 81.8 cm³/mol. The van der Waals surface area contributed by atoms with E-state index in [4.69, 9.17) is 11.6 Å². The molecule has 0 bridgehead atoms. The number of carbonyl (C=O) groups excluding carboxylic acids is 1. The molecule has 110 valence electrons. The van der Waals surface area contributed by atoms with E-state index < -0.39 is 0 Å². The molecular formula is C15H22ClN3O. The molecule has 1 aromatic rings. The first-order valence-electron chi connectivity index (χ1n) is 6.99. The Morgan fingerprint density at radius 3 is 3.05 bits per heavy atom. The molecule has 0 aliphatic carbocycles. The second-order valence-electron chi connectivity index (χ2n) is 5.40. The van der Waals surface area contributed by atoms with Gasteiger partial charge in [0.2, 0.25) is 5.91 Å². The summed E-state index contributed by atoms with van der Waals surface area (Å²) in [6.07, 6.45) is 0. The normalized spacial score (nSPS) is 19.9. The zero-order valence-electron chi connectivity index (χ0n) is 12.1. The van der Waals surface area contributed by atoms with Crippen molar-refractivity contribution < 1.29 is 4.79 Å². The van der Waals surface area contributed by atoms with Crippen LogP contribution in [0.5, 0.6) is 0 Å². The molecule has 0 saturated carbocycles. The number of halogens is 1. The van der Waals surface area contributed by atoms with E-state index >= 15 is 0 Å². The van der Waals surface area contributed by atoms with Gasteiger partial charge in [0.05, 0.1) is 6.54 Å². The number of piperazine rings is 1. The van der Waals surface area contributed by atoms with E-state index in [0.29, 0.717) is 24.2 Å². The minimum atomic E-state index is 0.152. The van der Waals surface area contributed by atoms with Crippen molar-refractivity contribution in [1.29, 1.82) is 0 Å². The Morgan fingerprint density at radius 1 is 1.55 bits per heavy atom. The van der Waals surface area contributed by atoms with Crippen molar-refractivity contribution in [3.05, 3.63) is 34.9 Å². The first-order valence-corrected chi connectivity index (χ1v) is 7.37. The summed E-state index contributed by atoms with van der Waals surface area (Å²) in [4.78, 5) is 16.3. The highest BCUT2D eigenvalue weighted by atomic mass is 35.5. The summed E-state index contributed by atoms with van der Waals surface area (Å²) >= 11 is 5.96. The van der Waals surface area contributed by atoms with E-state index in [-0.39, 0.29) is 5.91 Å². The van der Waals surface area contributed by atoms with Gasteiger partial charge >= 0.3 is 0 Å². The smallest absolute Gasteiger partial charge is 0.236 e. The Hall–Kier alpha value is -1.10. The van der Waals surface area contributed by atoms with Crippen molar-refractivity contribution in [2.45, 2.75) is 19.5 Å². The number of hydrogen-bond donors (Lipinski definition) is 1. The monoisotopic (exact) mass is 295 g/mol. The summed E-state index contributed by atoms with van der Waals surface area (Å²) < 4.78 is 0. The van der Waals surface area contributed by atoms with Crippen molar-refractivity contribution >= 4 is 17.5 Å². The average molecular weight is 296 g/mol. The molecule has 0 radical (unpaired) electrons. The summed E-state index contributed by atoms with van der Waals surface area (Å²) in [7, 11) is 1.84. The van der Waals surface area contributed by atoms with Crippen LogP contribution in [-0.4, -0.2) is 55.0 Å². The van der Waals surface area contributed by atoms with Crippen LogP contribution < -0.4 is 5.32 Å². The lowest BCUT2D eigenvalue weighted by atomic mass is 10.2. The molecule has 0 aromatic heterocycles. The van der Waals surface area contributed by atoms with Crippen LogP contribution in [0.4, 0.5) is 0 Å². The number of rotatable bonds is 4. The molecule has 1 fully saturated rings. The maximum atomic E-state index is 12.3. The van der Waals surface area contributed by atoms with Gasteiger partial charge in [0.1, 0.15) is 0 Å². The van der Waals surface area contributed by atoms with Crippen LogP contribution in [0.3, 0.4) is 0 Å². The van der Waals surface area contributed by atoms with E-state index in [9.17, 15) is 4.79 Å². The SMILES string of the molecule is C[C@H]1CNCCN1CC(=O)N(C)Cc1cccc(Cl)c1. The van der Waals surface area contributed by atoms with Gasteiger partial charge in [0.15, 0.2) is 0 Å². The lowest BCUT2D eigenvalue weighted by molar-refractivity contribution is -0.132. The molecule has 0 unspecified atom stereocenters. The fraction of sp³-hybridized carbons (Fsp3) is 0.533. The minimum absolute atomic E-state index is 0.152. The zero-order chi connectivity index (χ0) is 14.5. The van der Waals surface area contributed by atoms with Gasteiger partial charge in [-0.15, -0.1) is 0 Å². The first-order chi connectivity index (χ1) is 9.56. The lowest BCUT2D eigenvalue weighted by Crippen LogP contribution is -2.52. The fourth-order valence-corrected chi connectivity index (χ4v) is 2.62. The van der Waals surface area contributed by atoms with Gasteiger partial charge in [-0.2, -0.15) is 0 Å². The van der Waals surface area contributed by atoms with Crippen LogP contribution in [0.2, 0.25) is 5.02 Å². The molecule has 0 spiro atoms. The Labute approximate surface area is 125 Å². The van der Waals surface area contributed by atoms with Crippen LogP contribution in [0.1, 0.15) is 12.5 Å². The molecule has 2 rings (SSSR count). The molecule has 20 heavy (non-hydrogen) atoms. The topological polar surface area (TPSA) is 35.6 Å². The van der Waals surface area contributed by atoms with Gasteiger partial charge in [-0.05, 0) is 24.6 Å². The van der Waals surface area contributed by atoms with Gasteiger partial charge in [-0.25, -0.2) is 0 Å². The van der Waals surface area contributed by atoms with Gasteiger partial charge in [0, 0.05) is 44.3 Å². The lowest BCUT2D eigenvalue weighted by Gasteiger charge is -2.34. The Balaban J connectivity index is 1.88. The number of nitrogens with zero attached hydrogens (tertiary/aromatic N) is 2. The van der Waals surface area contributed by atoms with Crippen molar-refractivity contribution in [3.63, 3.8) is 0 Å². The number of hydrogen-bond acceptors (Lipinski definition) is 3. The molecule has 5 heteroatoms. The molecular weight excluding hydrogens is 274 g/mol. The third-order valence-electron chi connectivity index (χ3n) is 3.71. The zero-order valence-corrected chi connectivity index (χ0v) is 12.9. The number of likely N-dealkylation sites (N-methyl/N-ethyl adjacent to an activating group) is 1. The third kappa shape index (κ3) is 4.20. The summed E-state index contributed by atoms with van der Waals surface area (Å²) in [5, 5.41) is 4.04. The second kappa shape index (κ2) is 7.07. The Morgan fingerprint density at radius 2 is 2.35 bits per heavy atom. The van der Waals surface area contributed by atoms with E-state index in [0.717, 1.165) is 25.2 Å². The molecule has 4 nitrogen and oxygen atoms in total. The number of carbonyl (C=O) groups is 1. The van der Waals surface area contributed by atoms with Crippen LogP contribution in [0.15, 0.2) is 24.3 Å². The third-order valence-corrected chi connectivity index (χ3v) is 3.95. The van der Waals surface area contributed by atoms with Crippen LogP contribution in [-0.2, 0) is 11.3 Å².